The topological polar surface area (TPSA) is 55.6 Å². The number of nitrogens with two attached hydrogens (primary N) is 1. The minimum atomic E-state index is -0.281. The number of carbonyl (C=O) groups is 1. The third-order valence-electron chi connectivity index (χ3n) is 3.73. The van der Waals surface area contributed by atoms with Gasteiger partial charge in [0, 0.05) is 14.1 Å². The van der Waals surface area contributed by atoms with Gasteiger partial charge >= 0.3 is 5.97 Å². The monoisotopic (exact) mass is 262 g/mol. The van der Waals surface area contributed by atoms with Gasteiger partial charge < -0.3 is 15.4 Å². The summed E-state index contributed by atoms with van der Waals surface area (Å²) in [6, 6.07) is 5.29. The molecule has 1 fully saturated rings. The van der Waals surface area contributed by atoms with Gasteiger partial charge in [0.1, 0.15) is 0 Å². The molecular formula is C15H22N2O2. The molecule has 1 aliphatic rings. The molecule has 0 saturated heterocycles. The van der Waals surface area contributed by atoms with Crippen molar-refractivity contribution in [2.75, 3.05) is 31.3 Å². The lowest BCUT2D eigenvalue weighted by molar-refractivity contribution is 0.0464. The van der Waals surface area contributed by atoms with E-state index in [2.05, 4.69) is 0 Å². The highest BCUT2D eigenvalue weighted by Gasteiger charge is 2.18. The summed E-state index contributed by atoms with van der Waals surface area (Å²) < 4.78 is 5.28. The summed E-state index contributed by atoms with van der Waals surface area (Å²) in [5, 5.41) is 0. The molecule has 0 radical (unpaired) electrons. The first kappa shape index (κ1) is 13.7. The second-order valence-electron chi connectivity index (χ2n) is 5.39. The van der Waals surface area contributed by atoms with Gasteiger partial charge in [-0.15, -0.1) is 0 Å². The Hall–Kier alpha value is -1.71. The average Bonchev–Trinajstić information content (AvgIpc) is 2.31. The average molecular weight is 262 g/mol. The number of rotatable bonds is 5. The maximum Gasteiger partial charge on any atom is 0.338 e. The zero-order valence-electron chi connectivity index (χ0n) is 11.7. The quantitative estimate of drug-likeness (QED) is 0.654. The molecule has 104 valence electrons. The van der Waals surface area contributed by atoms with E-state index in [1.807, 2.05) is 25.1 Å². The van der Waals surface area contributed by atoms with E-state index >= 15 is 0 Å². The molecule has 2 N–H and O–H groups in total. The van der Waals surface area contributed by atoms with E-state index in [1.54, 1.807) is 12.1 Å². The SMILES string of the molecule is CN(C)c1ccc(C(=O)OCCC2CCC2)cc1N. The standard InChI is InChI=1S/C15H22N2O2/c1-17(2)14-7-6-12(10-13(14)16)15(18)19-9-8-11-4-3-5-11/h6-7,10-11H,3-5,8-9,16H2,1-2H3. The number of esters is 1. The van der Waals surface area contributed by atoms with Gasteiger partial charge in [0.05, 0.1) is 23.5 Å². The largest absolute Gasteiger partial charge is 0.462 e. The van der Waals surface area contributed by atoms with Crippen molar-refractivity contribution in [3.63, 3.8) is 0 Å². The lowest BCUT2D eigenvalue weighted by Crippen LogP contribution is -2.16. The smallest absolute Gasteiger partial charge is 0.338 e. The second-order valence-corrected chi connectivity index (χ2v) is 5.39. The molecule has 0 spiro atoms. The van der Waals surface area contributed by atoms with Gasteiger partial charge in [-0.1, -0.05) is 19.3 Å². The number of benzene rings is 1. The summed E-state index contributed by atoms with van der Waals surface area (Å²) in [4.78, 5) is 13.8. The van der Waals surface area contributed by atoms with Gasteiger partial charge in [0.15, 0.2) is 0 Å². The Morgan fingerprint density at radius 2 is 2.16 bits per heavy atom. The van der Waals surface area contributed by atoms with Crippen LogP contribution in [0.1, 0.15) is 36.0 Å². The Labute approximate surface area is 114 Å². The summed E-state index contributed by atoms with van der Waals surface area (Å²) in [5.74, 6) is 0.477. The zero-order valence-corrected chi connectivity index (χ0v) is 11.7. The minimum absolute atomic E-state index is 0.281. The number of ether oxygens (including phenoxy) is 1. The number of hydrogen-bond acceptors (Lipinski definition) is 4. The molecular weight excluding hydrogens is 240 g/mol. The van der Waals surface area contributed by atoms with Crippen LogP contribution in [0.4, 0.5) is 11.4 Å². The van der Waals surface area contributed by atoms with Crippen LogP contribution in [0.5, 0.6) is 0 Å². The van der Waals surface area contributed by atoms with Crippen LogP contribution in [0.25, 0.3) is 0 Å². The van der Waals surface area contributed by atoms with Crippen molar-refractivity contribution < 1.29 is 9.53 Å². The number of anilines is 2. The van der Waals surface area contributed by atoms with Crippen LogP contribution >= 0.6 is 0 Å². The highest BCUT2D eigenvalue weighted by molar-refractivity contribution is 5.92. The van der Waals surface area contributed by atoms with Crippen molar-refractivity contribution in [3.05, 3.63) is 23.8 Å². The van der Waals surface area contributed by atoms with Crippen molar-refractivity contribution >= 4 is 17.3 Å². The molecule has 0 amide bonds. The van der Waals surface area contributed by atoms with E-state index in [0.717, 1.165) is 18.0 Å². The van der Waals surface area contributed by atoms with Crippen LogP contribution in [-0.2, 0) is 4.74 Å². The van der Waals surface area contributed by atoms with Crippen LogP contribution in [0, 0.1) is 5.92 Å². The Bertz CT molecular complexity index is 453. The maximum atomic E-state index is 11.9. The summed E-state index contributed by atoms with van der Waals surface area (Å²) in [6.07, 6.45) is 4.86. The third-order valence-corrected chi connectivity index (χ3v) is 3.73. The van der Waals surface area contributed by atoms with Gasteiger partial charge in [0.2, 0.25) is 0 Å². The predicted molar refractivity (Wildman–Crippen MR) is 77.4 cm³/mol. The van der Waals surface area contributed by atoms with Crippen LogP contribution in [0.15, 0.2) is 18.2 Å². The van der Waals surface area contributed by atoms with E-state index in [4.69, 9.17) is 10.5 Å². The van der Waals surface area contributed by atoms with E-state index < -0.39 is 0 Å². The van der Waals surface area contributed by atoms with E-state index in [-0.39, 0.29) is 5.97 Å². The fourth-order valence-corrected chi connectivity index (χ4v) is 2.27. The molecule has 0 heterocycles. The number of carbonyl (C=O) groups excluding carboxylic acids is 1. The molecule has 0 unspecified atom stereocenters. The Morgan fingerprint density at radius 3 is 2.68 bits per heavy atom. The van der Waals surface area contributed by atoms with Gasteiger partial charge in [-0.2, -0.15) is 0 Å². The summed E-state index contributed by atoms with van der Waals surface area (Å²) in [7, 11) is 3.84. The zero-order chi connectivity index (χ0) is 13.8. The molecule has 1 aliphatic carbocycles. The first-order valence-corrected chi connectivity index (χ1v) is 6.82. The number of nitrogens with zero attached hydrogens (tertiary/aromatic N) is 1. The molecule has 4 nitrogen and oxygen atoms in total. The third kappa shape index (κ3) is 3.40. The molecule has 1 saturated carbocycles. The lowest BCUT2D eigenvalue weighted by Gasteiger charge is -2.24. The lowest BCUT2D eigenvalue weighted by atomic mass is 9.83. The van der Waals surface area contributed by atoms with Crippen molar-refractivity contribution in [2.24, 2.45) is 5.92 Å². The molecule has 0 aromatic heterocycles. The van der Waals surface area contributed by atoms with Gasteiger partial charge in [-0.25, -0.2) is 4.79 Å². The molecule has 0 bridgehead atoms. The normalized spacial score (nSPS) is 14.8. The first-order valence-electron chi connectivity index (χ1n) is 6.82. The molecule has 2 rings (SSSR count). The number of nitrogen functional groups attached to an aromatic ring is 1. The van der Waals surface area contributed by atoms with Crippen molar-refractivity contribution in [1.82, 2.24) is 0 Å². The summed E-state index contributed by atoms with van der Waals surface area (Å²) in [5.41, 5.74) is 7.95. The van der Waals surface area contributed by atoms with Crippen molar-refractivity contribution in [2.45, 2.75) is 25.7 Å². The van der Waals surface area contributed by atoms with E-state index in [9.17, 15) is 4.79 Å². The Morgan fingerprint density at radius 1 is 1.42 bits per heavy atom. The Balaban J connectivity index is 1.89. The summed E-state index contributed by atoms with van der Waals surface area (Å²) in [6.45, 7) is 0.513. The van der Waals surface area contributed by atoms with E-state index in [1.165, 1.54) is 19.3 Å². The molecule has 1 aromatic rings. The van der Waals surface area contributed by atoms with Gasteiger partial charge in [-0.05, 0) is 30.5 Å². The Kier molecular flexibility index (Phi) is 4.30. The fraction of sp³-hybridized carbons (Fsp3) is 0.533. The number of hydrogen-bond donors (Lipinski definition) is 1. The van der Waals surface area contributed by atoms with Crippen molar-refractivity contribution in [3.8, 4) is 0 Å². The predicted octanol–water partition coefficient (Wildman–Crippen LogP) is 2.68. The highest BCUT2D eigenvalue weighted by Crippen LogP contribution is 2.29. The van der Waals surface area contributed by atoms with Crippen LogP contribution < -0.4 is 10.6 Å². The molecule has 19 heavy (non-hydrogen) atoms. The molecule has 0 atom stereocenters. The minimum Gasteiger partial charge on any atom is -0.462 e. The molecule has 0 aliphatic heterocycles. The first-order chi connectivity index (χ1) is 9.08. The van der Waals surface area contributed by atoms with Gasteiger partial charge in [-0.3, -0.25) is 0 Å². The second kappa shape index (κ2) is 5.95. The van der Waals surface area contributed by atoms with Crippen LogP contribution in [0.2, 0.25) is 0 Å². The van der Waals surface area contributed by atoms with Crippen LogP contribution in [0.3, 0.4) is 0 Å². The van der Waals surface area contributed by atoms with E-state index in [0.29, 0.717) is 17.9 Å². The summed E-state index contributed by atoms with van der Waals surface area (Å²) >= 11 is 0. The fourth-order valence-electron chi connectivity index (χ4n) is 2.27. The molecule has 1 aromatic carbocycles. The maximum absolute atomic E-state index is 11.9. The highest BCUT2D eigenvalue weighted by atomic mass is 16.5. The van der Waals surface area contributed by atoms with Gasteiger partial charge in [0.25, 0.3) is 0 Å². The van der Waals surface area contributed by atoms with Crippen molar-refractivity contribution in [1.29, 1.82) is 0 Å². The molecule has 4 heteroatoms. The van der Waals surface area contributed by atoms with Crippen LogP contribution in [-0.4, -0.2) is 26.7 Å².